The zero-order chi connectivity index (χ0) is 28.0. The number of nitrogens with zero attached hydrogens (tertiary/aromatic N) is 5. The van der Waals surface area contributed by atoms with Gasteiger partial charge in [0.25, 0.3) is 0 Å². The molecule has 39 heavy (non-hydrogen) atoms. The monoisotopic (exact) mass is 541 g/mol. The van der Waals surface area contributed by atoms with E-state index in [9.17, 15) is 22.4 Å². The molecule has 2 N–H and O–H groups in total. The van der Waals surface area contributed by atoms with E-state index in [0.717, 1.165) is 34.2 Å². The zero-order valence-electron chi connectivity index (χ0n) is 20.8. The number of fused-ring (bicyclic) bond motifs is 1. The third-order valence-electron chi connectivity index (χ3n) is 5.44. The van der Waals surface area contributed by atoms with Gasteiger partial charge in [0.05, 0.1) is 17.8 Å². The number of aryl methyl sites for hydroxylation is 2. The van der Waals surface area contributed by atoms with Crippen molar-refractivity contribution in [3.63, 3.8) is 0 Å². The molecule has 0 saturated heterocycles. The average Bonchev–Trinajstić information content (AvgIpc) is 3.49. The number of hydrogen-bond donors (Lipinski definition) is 2. The Bertz CT molecular complexity index is 1580. The largest absolute Gasteiger partial charge is 0.439 e. The van der Waals surface area contributed by atoms with Gasteiger partial charge in [0.1, 0.15) is 23.7 Å². The van der Waals surface area contributed by atoms with Crippen LogP contribution in [0.25, 0.3) is 10.9 Å². The predicted molar refractivity (Wildman–Crippen MR) is 137 cm³/mol. The van der Waals surface area contributed by atoms with Gasteiger partial charge >= 0.3 is 6.18 Å². The second kappa shape index (κ2) is 11.6. The molecule has 0 aliphatic heterocycles. The first-order valence-corrected chi connectivity index (χ1v) is 11.5. The fourth-order valence-corrected chi connectivity index (χ4v) is 3.56. The van der Waals surface area contributed by atoms with Crippen LogP contribution in [0.4, 0.5) is 29.1 Å². The van der Waals surface area contributed by atoms with Gasteiger partial charge in [-0.15, -0.1) is 0 Å². The van der Waals surface area contributed by atoms with E-state index in [-0.39, 0.29) is 12.1 Å². The Morgan fingerprint density at radius 2 is 1.82 bits per heavy atom. The molecule has 1 amide bonds. The topological polar surface area (TPSA) is 98.9 Å². The van der Waals surface area contributed by atoms with E-state index < -0.39 is 17.6 Å². The summed E-state index contributed by atoms with van der Waals surface area (Å²) < 4.78 is 58.7. The number of alkyl halides is 3. The highest BCUT2D eigenvalue weighted by Gasteiger charge is 2.34. The summed E-state index contributed by atoms with van der Waals surface area (Å²) in [4.78, 5) is 18.4. The number of ether oxygens (including phenoxy) is 1. The maximum Gasteiger partial charge on any atom is 0.419 e. The van der Waals surface area contributed by atoms with Crippen LogP contribution in [0.5, 0.6) is 11.6 Å². The molecule has 0 unspecified atom stereocenters. The average molecular weight is 542 g/mol. The number of nitrogens with one attached hydrogen (secondary N) is 2. The first-order valence-electron chi connectivity index (χ1n) is 11.5. The lowest BCUT2D eigenvalue weighted by Gasteiger charge is -2.09. The van der Waals surface area contributed by atoms with Crippen LogP contribution in [-0.4, -0.2) is 30.7 Å². The van der Waals surface area contributed by atoms with E-state index in [0.29, 0.717) is 24.6 Å². The number of aromatic nitrogens is 5. The summed E-state index contributed by atoms with van der Waals surface area (Å²) >= 11 is 0. The molecule has 3 heterocycles. The van der Waals surface area contributed by atoms with Gasteiger partial charge in [0, 0.05) is 55.2 Å². The quantitative estimate of drug-likeness (QED) is 0.208. The van der Waals surface area contributed by atoms with Crippen LogP contribution in [0.2, 0.25) is 0 Å². The summed E-state index contributed by atoms with van der Waals surface area (Å²) in [7, 11) is 3.90. The molecular formula is C26H23F4N7O2. The molecule has 0 atom stereocenters. The van der Waals surface area contributed by atoms with Crippen molar-refractivity contribution >= 4 is 28.8 Å². The van der Waals surface area contributed by atoms with Crippen LogP contribution in [0.15, 0.2) is 73.3 Å². The fraction of sp³-hybridized carbons (Fsp3) is 0.154. The van der Waals surface area contributed by atoms with Crippen molar-refractivity contribution in [3.8, 4) is 11.6 Å². The van der Waals surface area contributed by atoms with E-state index in [2.05, 4.69) is 31.0 Å². The molecule has 5 rings (SSSR count). The molecule has 0 aliphatic carbocycles. The highest BCUT2D eigenvalue weighted by atomic mass is 19.4. The van der Waals surface area contributed by atoms with E-state index in [1.165, 1.54) is 6.33 Å². The minimum Gasteiger partial charge on any atom is -0.439 e. The summed E-state index contributed by atoms with van der Waals surface area (Å²) in [6.07, 6.45) is 0.876. The van der Waals surface area contributed by atoms with Crippen LogP contribution in [0.1, 0.15) is 11.3 Å². The van der Waals surface area contributed by atoms with Crippen molar-refractivity contribution in [2.24, 2.45) is 14.1 Å². The van der Waals surface area contributed by atoms with E-state index in [1.54, 1.807) is 4.68 Å². The maximum atomic E-state index is 12.7. The summed E-state index contributed by atoms with van der Waals surface area (Å²) in [5.41, 5.74) is 0.491. The van der Waals surface area contributed by atoms with Crippen molar-refractivity contribution in [1.82, 2.24) is 24.3 Å². The smallest absolute Gasteiger partial charge is 0.419 e. The Kier molecular flexibility index (Phi) is 8.08. The normalized spacial score (nSPS) is 11.0. The third-order valence-corrected chi connectivity index (χ3v) is 5.44. The van der Waals surface area contributed by atoms with Gasteiger partial charge in [0.2, 0.25) is 12.3 Å². The molecule has 0 bridgehead atoms. The van der Waals surface area contributed by atoms with E-state index in [1.807, 2.05) is 62.1 Å². The molecular weight excluding hydrogens is 518 g/mol. The Balaban J connectivity index is 0.000000215. The first kappa shape index (κ1) is 27.1. The maximum absolute atomic E-state index is 12.7. The molecule has 0 spiro atoms. The van der Waals surface area contributed by atoms with Crippen LogP contribution in [0, 0.1) is 5.82 Å². The Labute approximate surface area is 220 Å². The second-order valence-electron chi connectivity index (χ2n) is 8.28. The lowest BCUT2D eigenvalue weighted by atomic mass is 10.2. The van der Waals surface area contributed by atoms with Crippen molar-refractivity contribution in [2.75, 3.05) is 10.6 Å². The van der Waals surface area contributed by atoms with Crippen molar-refractivity contribution in [1.29, 1.82) is 0 Å². The Hall–Kier alpha value is -4.94. The van der Waals surface area contributed by atoms with Crippen molar-refractivity contribution in [3.05, 3.63) is 90.4 Å². The summed E-state index contributed by atoms with van der Waals surface area (Å²) in [6.45, 7) is 0.549. The minimum absolute atomic E-state index is 0.103. The third kappa shape index (κ3) is 7.09. The molecule has 2 aromatic carbocycles. The zero-order valence-corrected chi connectivity index (χ0v) is 20.8. The van der Waals surface area contributed by atoms with E-state index in [4.69, 9.17) is 4.74 Å². The van der Waals surface area contributed by atoms with Crippen LogP contribution in [0.3, 0.4) is 0 Å². The number of amides is 1. The Morgan fingerprint density at radius 3 is 2.54 bits per heavy atom. The van der Waals surface area contributed by atoms with Crippen molar-refractivity contribution in [2.45, 2.75) is 12.7 Å². The summed E-state index contributed by atoms with van der Waals surface area (Å²) in [5, 5.41) is 10.6. The molecule has 3 aromatic heterocycles. The molecule has 0 saturated carbocycles. The molecule has 5 aromatic rings. The number of rotatable bonds is 7. The van der Waals surface area contributed by atoms with E-state index >= 15 is 0 Å². The van der Waals surface area contributed by atoms with Gasteiger partial charge in [-0.3, -0.25) is 9.48 Å². The van der Waals surface area contributed by atoms with Gasteiger partial charge in [-0.2, -0.15) is 18.3 Å². The minimum atomic E-state index is -4.76. The number of halogens is 4. The molecule has 0 fully saturated rings. The van der Waals surface area contributed by atoms with Crippen molar-refractivity contribution < 1.29 is 27.1 Å². The lowest BCUT2D eigenvalue weighted by molar-refractivity contribution is -0.140. The van der Waals surface area contributed by atoms with Gasteiger partial charge in [-0.25, -0.2) is 14.4 Å². The fourth-order valence-electron chi connectivity index (χ4n) is 3.56. The van der Waals surface area contributed by atoms with Crippen LogP contribution < -0.4 is 15.4 Å². The number of anilines is 2. The SMILES string of the molecule is Cn1ccc(NCc2cc(Oc3ccc4c(ccn4C)c3)ncn2)n1.O=CNc1ccc(F)c(C(F)(F)F)c1. The van der Waals surface area contributed by atoms with Gasteiger partial charge in [0.15, 0.2) is 0 Å². The van der Waals surface area contributed by atoms with Crippen LogP contribution in [-0.2, 0) is 31.6 Å². The van der Waals surface area contributed by atoms with Gasteiger partial charge in [-0.05, 0) is 42.5 Å². The highest BCUT2D eigenvalue weighted by Crippen LogP contribution is 2.32. The number of carbonyl (C=O) groups is 1. The standard InChI is InChI=1S/C18H18N6O.C8H5F4NO/c1-23-7-5-13-9-15(3-4-16(13)23)25-18-10-14(20-12-21-18)11-19-17-6-8-24(2)22-17;9-7-2-1-5(13-4-14)3-6(7)8(10,11)12/h3-10,12H,11H2,1-2H3,(H,19,22);1-4H,(H,13,14). The molecule has 9 nitrogen and oxygen atoms in total. The number of hydrogen-bond acceptors (Lipinski definition) is 6. The number of benzene rings is 2. The summed E-state index contributed by atoms with van der Waals surface area (Å²) in [5.74, 6) is 0.705. The Morgan fingerprint density at radius 1 is 1.00 bits per heavy atom. The molecule has 202 valence electrons. The number of carbonyl (C=O) groups excluding carboxylic acids is 1. The second-order valence-corrected chi connectivity index (χ2v) is 8.28. The molecule has 13 heteroatoms. The highest BCUT2D eigenvalue weighted by molar-refractivity contribution is 5.81. The lowest BCUT2D eigenvalue weighted by Crippen LogP contribution is -2.09. The van der Waals surface area contributed by atoms with Crippen LogP contribution >= 0.6 is 0 Å². The predicted octanol–water partition coefficient (Wildman–Crippen LogP) is 5.52. The molecule has 0 aliphatic rings. The summed E-state index contributed by atoms with van der Waals surface area (Å²) in [6, 6.07) is 14.0. The first-order chi connectivity index (χ1) is 18.6. The van der Waals surface area contributed by atoms with Gasteiger partial charge < -0.3 is 19.9 Å². The molecule has 0 radical (unpaired) electrons. The van der Waals surface area contributed by atoms with Gasteiger partial charge in [-0.1, -0.05) is 0 Å².